The van der Waals surface area contributed by atoms with Crippen molar-refractivity contribution >= 4 is 23.3 Å². The molecule has 2 rings (SSSR count). The van der Waals surface area contributed by atoms with Crippen molar-refractivity contribution in [3.8, 4) is 0 Å². The van der Waals surface area contributed by atoms with Crippen molar-refractivity contribution in [1.82, 2.24) is 9.97 Å². The summed E-state index contributed by atoms with van der Waals surface area (Å²) in [6.45, 7) is 4.90. The topological polar surface area (TPSA) is 81.1 Å². The van der Waals surface area contributed by atoms with Gasteiger partial charge in [-0.2, -0.15) is 9.97 Å². The molecule has 0 aliphatic rings. The maximum Gasteiger partial charge on any atom is 0.223 e. The normalized spacial score (nSPS) is 10.3. The van der Waals surface area contributed by atoms with Gasteiger partial charge in [0.2, 0.25) is 5.95 Å². The van der Waals surface area contributed by atoms with Gasteiger partial charge in [0, 0.05) is 18.3 Å². The number of hydrogen-bond donors (Lipinski definition) is 2. The molecule has 0 atom stereocenters. The fraction of sp³-hybridized carbons (Fsp3) is 0.231. The molecule has 0 spiro atoms. The first-order valence-electron chi connectivity index (χ1n) is 5.85. The van der Waals surface area contributed by atoms with Gasteiger partial charge in [-0.25, -0.2) is 0 Å². The van der Waals surface area contributed by atoms with Crippen LogP contribution in [0.2, 0.25) is 0 Å². The van der Waals surface area contributed by atoms with E-state index in [0.717, 1.165) is 18.1 Å². The SMILES string of the molecule is CCN(c1cc(N)nc(N)n1)c1ccccc1C. The van der Waals surface area contributed by atoms with Crippen LogP contribution in [-0.4, -0.2) is 16.5 Å². The van der Waals surface area contributed by atoms with Crippen molar-refractivity contribution in [2.75, 3.05) is 22.9 Å². The van der Waals surface area contributed by atoms with Gasteiger partial charge in [0.1, 0.15) is 11.6 Å². The van der Waals surface area contributed by atoms with Gasteiger partial charge in [-0.05, 0) is 25.5 Å². The van der Waals surface area contributed by atoms with Crippen molar-refractivity contribution in [1.29, 1.82) is 0 Å². The number of nitrogens with zero attached hydrogens (tertiary/aromatic N) is 3. The van der Waals surface area contributed by atoms with Crippen molar-refractivity contribution < 1.29 is 0 Å². The van der Waals surface area contributed by atoms with Crippen LogP contribution in [0.3, 0.4) is 0 Å². The smallest absolute Gasteiger partial charge is 0.223 e. The highest BCUT2D eigenvalue weighted by Gasteiger charge is 2.12. The zero-order valence-electron chi connectivity index (χ0n) is 10.6. The third kappa shape index (κ3) is 2.34. The molecule has 1 heterocycles. The lowest BCUT2D eigenvalue weighted by Gasteiger charge is -2.24. The summed E-state index contributed by atoms with van der Waals surface area (Å²) < 4.78 is 0. The lowest BCUT2D eigenvalue weighted by Crippen LogP contribution is -2.19. The molecule has 2 aromatic rings. The summed E-state index contributed by atoms with van der Waals surface area (Å²) in [5.41, 5.74) is 13.6. The first-order chi connectivity index (χ1) is 8.61. The fourth-order valence-electron chi connectivity index (χ4n) is 1.93. The minimum atomic E-state index is 0.192. The van der Waals surface area contributed by atoms with Crippen molar-refractivity contribution in [3.63, 3.8) is 0 Å². The van der Waals surface area contributed by atoms with E-state index in [2.05, 4.69) is 34.8 Å². The van der Waals surface area contributed by atoms with Gasteiger partial charge in [0.25, 0.3) is 0 Å². The summed E-state index contributed by atoms with van der Waals surface area (Å²) in [4.78, 5) is 10.2. The summed E-state index contributed by atoms with van der Waals surface area (Å²) in [5, 5.41) is 0. The summed E-state index contributed by atoms with van der Waals surface area (Å²) >= 11 is 0. The molecule has 5 heteroatoms. The standard InChI is InChI=1S/C13H17N5/c1-3-18(10-7-5-4-6-9(10)2)12-8-11(14)16-13(15)17-12/h4-8H,3H2,1-2H3,(H4,14,15,16,17). The van der Waals surface area contributed by atoms with E-state index in [-0.39, 0.29) is 5.95 Å². The predicted octanol–water partition coefficient (Wildman–Crippen LogP) is 2.11. The number of anilines is 4. The average Bonchev–Trinajstić information content (AvgIpc) is 2.31. The summed E-state index contributed by atoms with van der Waals surface area (Å²) in [6.07, 6.45) is 0. The first-order valence-corrected chi connectivity index (χ1v) is 5.85. The summed E-state index contributed by atoms with van der Waals surface area (Å²) in [6, 6.07) is 9.85. The molecule has 0 aliphatic carbocycles. The molecule has 0 amide bonds. The Hall–Kier alpha value is -2.30. The summed E-state index contributed by atoms with van der Waals surface area (Å²) in [7, 11) is 0. The van der Waals surface area contributed by atoms with E-state index in [9.17, 15) is 0 Å². The van der Waals surface area contributed by atoms with Crippen LogP contribution < -0.4 is 16.4 Å². The van der Waals surface area contributed by atoms with E-state index >= 15 is 0 Å². The number of nitrogens with two attached hydrogens (primary N) is 2. The molecule has 18 heavy (non-hydrogen) atoms. The van der Waals surface area contributed by atoms with Gasteiger partial charge in [0.15, 0.2) is 0 Å². The first kappa shape index (κ1) is 12.2. The van der Waals surface area contributed by atoms with Gasteiger partial charge in [0.05, 0.1) is 0 Å². The monoisotopic (exact) mass is 243 g/mol. The van der Waals surface area contributed by atoms with Crippen LogP contribution in [0, 0.1) is 6.92 Å². The van der Waals surface area contributed by atoms with Crippen LogP contribution in [0.25, 0.3) is 0 Å². The molecule has 0 fully saturated rings. The van der Waals surface area contributed by atoms with E-state index in [1.165, 1.54) is 5.56 Å². The number of hydrogen-bond acceptors (Lipinski definition) is 5. The Kier molecular flexibility index (Phi) is 3.32. The van der Waals surface area contributed by atoms with Gasteiger partial charge in [-0.3, -0.25) is 0 Å². The second-order valence-corrected chi connectivity index (χ2v) is 4.04. The fourth-order valence-corrected chi connectivity index (χ4v) is 1.93. The second kappa shape index (κ2) is 4.91. The highest BCUT2D eigenvalue weighted by atomic mass is 15.2. The molecule has 5 nitrogen and oxygen atoms in total. The number of rotatable bonds is 3. The molecule has 94 valence electrons. The molecule has 0 saturated heterocycles. The van der Waals surface area contributed by atoms with E-state index in [4.69, 9.17) is 11.5 Å². The number of nitrogen functional groups attached to an aromatic ring is 2. The molecule has 0 unspecified atom stereocenters. The molecule has 1 aromatic heterocycles. The molecular formula is C13H17N5. The van der Waals surface area contributed by atoms with E-state index in [1.54, 1.807) is 6.07 Å². The van der Waals surface area contributed by atoms with E-state index < -0.39 is 0 Å². The Morgan fingerprint density at radius 2 is 1.89 bits per heavy atom. The maximum absolute atomic E-state index is 5.71. The van der Waals surface area contributed by atoms with E-state index in [1.807, 2.05) is 18.2 Å². The third-order valence-corrected chi connectivity index (χ3v) is 2.75. The van der Waals surface area contributed by atoms with E-state index in [0.29, 0.717) is 5.82 Å². The third-order valence-electron chi connectivity index (χ3n) is 2.75. The van der Waals surface area contributed by atoms with Gasteiger partial charge >= 0.3 is 0 Å². The van der Waals surface area contributed by atoms with Crippen LogP contribution >= 0.6 is 0 Å². The molecule has 0 bridgehead atoms. The molecule has 0 aliphatic heterocycles. The number of para-hydroxylation sites is 1. The zero-order valence-corrected chi connectivity index (χ0v) is 10.6. The van der Waals surface area contributed by atoms with Crippen LogP contribution in [0.1, 0.15) is 12.5 Å². The van der Waals surface area contributed by atoms with Crippen LogP contribution in [0.4, 0.5) is 23.3 Å². The van der Waals surface area contributed by atoms with Crippen molar-refractivity contribution in [3.05, 3.63) is 35.9 Å². The largest absolute Gasteiger partial charge is 0.383 e. The highest BCUT2D eigenvalue weighted by Crippen LogP contribution is 2.27. The molecule has 1 aromatic carbocycles. The van der Waals surface area contributed by atoms with Gasteiger partial charge < -0.3 is 16.4 Å². The lowest BCUT2D eigenvalue weighted by atomic mass is 10.2. The van der Waals surface area contributed by atoms with Crippen molar-refractivity contribution in [2.45, 2.75) is 13.8 Å². The minimum absolute atomic E-state index is 0.192. The molecule has 0 radical (unpaired) electrons. The number of aryl methyl sites for hydroxylation is 1. The maximum atomic E-state index is 5.71. The van der Waals surface area contributed by atoms with Crippen molar-refractivity contribution in [2.24, 2.45) is 0 Å². The molecule has 0 saturated carbocycles. The Balaban J connectivity index is 2.48. The van der Waals surface area contributed by atoms with Crippen LogP contribution in [0.15, 0.2) is 30.3 Å². The highest BCUT2D eigenvalue weighted by molar-refractivity contribution is 5.65. The Morgan fingerprint density at radius 3 is 2.50 bits per heavy atom. The lowest BCUT2D eigenvalue weighted by molar-refractivity contribution is 0.976. The Bertz CT molecular complexity index is 533. The quantitative estimate of drug-likeness (QED) is 0.862. The molecule has 4 N–H and O–H groups in total. The predicted molar refractivity (Wildman–Crippen MR) is 74.7 cm³/mol. The minimum Gasteiger partial charge on any atom is -0.383 e. The Labute approximate surface area is 106 Å². The summed E-state index contributed by atoms with van der Waals surface area (Å²) in [5.74, 6) is 1.29. The second-order valence-electron chi connectivity index (χ2n) is 4.04. The van der Waals surface area contributed by atoms with Crippen LogP contribution in [-0.2, 0) is 0 Å². The number of aromatic nitrogens is 2. The average molecular weight is 243 g/mol. The molecular weight excluding hydrogens is 226 g/mol. The Morgan fingerprint density at radius 1 is 1.17 bits per heavy atom. The number of benzene rings is 1. The van der Waals surface area contributed by atoms with Gasteiger partial charge in [-0.15, -0.1) is 0 Å². The zero-order chi connectivity index (χ0) is 13.1. The van der Waals surface area contributed by atoms with Gasteiger partial charge in [-0.1, -0.05) is 18.2 Å². The van der Waals surface area contributed by atoms with Crippen LogP contribution in [0.5, 0.6) is 0 Å².